The highest BCUT2D eigenvalue weighted by Gasteiger charge is 2.14. The molecule has 0 radical (unpaired) electrons. The molecule has 0 aromatic heterocycles. The number of hydrogen-bond acceptors (Lipinski definition) is 4. The predicted octanol–water partition coefficient (Wildman–Crippen LogP) is 2.48. The van der Waals surface area contributed by atoms with Gasteiger partial charge in [0.1, 0.15) is 11.5 Å². The van der Waals surface area contributed by atoms with E-state index in [-0.39, 0.29) is 17.5 Å². The maximum atomic E-state index is 9.77. The van der Waals surface area contributed by atoms with Gasteiger partial charge in [0.2, 0.25) is 0 Å². The number of nitrogens with one attached hydrogen (secondary N) is 1. The van der Waals surface area contributed by atoms with Crippen molar-refractivity contribution < 1.29 is 10.2 Å². The Labute approximate surface area is 116 Å². The van der Waals surface area contributed by atoms with Crippen LogP contribution >= 0.6 is 0 Å². The monoisotopic (exact) mass is 266 g/mol. The second-order valence-corrected chi connectivity index (χ2v) is 4.77. The van der Waals surface area contributed by atoms with Gasteiger partial charge >= 0.3 is 0 Å². The van der Waals surface area contributed by atoms with Crippen molar-refractivity contribution in [2.45, 2.75) is 33.2 Å². The van der Waals surface area contributed by atoms with Gasteiger partial charge in [-0.25, -0.2) is 0 Å². The van der Waals surface area contributed by atoms with Gasteiger partial charge in [0.25, 0.3) is 0 Å². The number of nitrogens with zero attached hydrogens (tertiary/aromatic N) is 1. The summed E-state index contributed by atoms with van der Waals surface area (Å²) in [6.07, 6.45) is 1.06. The Morgan fingerprint density at radius 1 is 1.16 bits per heavy atom. The molecule has 0 bridgehead atoms. The van der Waals surface area contributed by atoms with Gasteiger partial charge in [0, 0.05) is 6.04 Å². The molecule has 108 valence electrons. The highest BCUT2D eigenvalue weighted by atomic mass is 16.3. The third-order valence-corrected chi connectivity index (χ3v) is 3.49. The van der Waals surface area contributed by atoms with E-state index in [9.17, 15) is 10.2 Å². The van der Waals surface area contributed by atoms with Gasteiger partial charge in [0.05, 0.1) is 5.56 Å². The van der Waals surface area contributed by atoms with E-state index in [0.717, 1.165) is 32.6 Å². The number of aromatic hydroxyl groups is 2. The fourth-order valence-corrected chi connectivity index (χ4v) is 2.25. The van der Waals surface area contributed by atoms with Crippen molar-refractivity contribution in [3.63, 3.8) is 0 Å². The van der Waals surface area contributed by atoms with Crippen LogP contribution in [0.2, 0.25) is 0 Å². The largest absolute Gasteiger partial charge is 0.507 e. The number of phenols is 2. The molecule has 0 saturated heterocycles. The van der Waals surface area contributed by atoms with Crippen molar-refractivity contribution in [2.75, 3.05) is 26.2 Å². The van der Waals surface area contributed by atoms with Crippen molar-refractivity contribution in [3.05, 3.63) is 23.8 Å². The molecular weight excluding hydrogens is 240 g/mol. The van der Waals surface area contributed by atoms with Gasteiger partial charge in [-0.15, -0.1) is 0 Å². The summed E-state index contributed by atoms with van der Waals surface area (Å²) in [5.74, 6) is 0.285. The molecule has 1 unspecified atom stereocenters. The van der Waals surface area contributed by atoms with Crippen molar-refractivity contribution >= 4 is 0 Å². The molecule has 1 aromatic rings. The molecule has 0 aliphatic carbocycles. The smallest absolute Gasteiger partial charge is 0.124 e. The van der Waals surface area contributed by atoms with Crippen LogP contribution in [0, 0.1) is 0 Å². The van der Waals surface area contributed by atoms with Crippen LogP contribution in [0.4, 0.5) is 0 Å². The number of hydrogen-bond donors (Lipinski definition) is 3. The van der Waals surface area contributed by atoms with Gasteiger partial charge in [-0.1, -0.05) is 19.9 Å². The fraction of sp³-hybridized carbons (Fsp3) is 0.600. The molecular formula is C15H26N2O2. The highest BCUT2D eigenvalue weighted by Crippen LogP contribution is 2.31. The lowest BCUT2D eigenvalue weighted by molar-refractivity contribution is 0.295. The van der Waals surface area contributed by atoms with Crippen molar-refractivity contribution in [2.24, 2.45) is 0 Å². The number of benzene rings is 1. The molecule has 1 aromatic carbocycles. The average Bonchev–Trinajstić information content (AvgIpc) is 2.38. The lowest BCUT2D eigenvalue weighted by atomic mass is 10.1. The van der Waals surface area contributed by atoms with E-state index in [1.807, 2.05) is 6.92 Å². The van der Waals surface area contributed by atoms with Gasteiger partial charge in [-0.05, 0) is 51.7 Å². The molecule has 0 aliphatic rings. The SMILES string of the molecule is CCN(CC)CCCNC(C)c1c(O)cccc1O. The summed E-state index contributed by atoms with van der Waals surface area (Å²) in [5.41, 5.74) is 0.574. The first kappa shape index (κ1) is 15.8. The van der Waals surface area contributed by atoms with E-state index >= 15 is 0 Å². The van der Waals surface area contributed by atoms with Crippen LogP contribution < -0.4 is 5.32 Å². The number of rotatable bonds is 8. The zero-order valence-electron chi connectivity index (χ0n) is 12.2. The Bertz CT molecular complexity index is 358. The minimum Gasteiger partial charge on any atom is -0.507 e. The van der Waals surface area contributed by atoms with Gasteiger partial charge < -0.3 is 20.4 Å². The third-order valence-electron chi connectivity index (χ3n) is 3.49. The molecule has 0 amide bonds. The number of phenolic OH excluding ortho intramolecular Hbond substituents is 2. The summed E-state index contributed by atoms with van der Waals surface area (Å²) >= 11 is 0. The van der Waals surface area contributed by atoms with Crippen molar-refractivity contribution in [1.82, 2.24) is 10.2 Å². The molecule has 1 atom stereocenters. The van der Waals surface area contributed by atoms with Crippen LogP contribution in [0.15, 0.2) is 18.2 Å². The summed E-state index contributed by atoms with van der Waals surface area (Å²) in [6.45, 7) is 10.4. The fourth-order valence-electron chi connectivity index (χ4n) is 2.25. The highest BCUT2D eigenvalue weighted by molar-refractivity contribution is 5.44. The molecule has 4 nitrogen and oxygen atoms in total. The van der Waals surface area contributed by atoms with Crippen LogP contribution in [0.5, 0.6) is 11.5 Å². The average molecular weight is 266 g/mol. The Morgan fingerprint density at radius 2 is 1.74 bits per heavy atom. The Kier molecular flexibility index (Phi) is 6.67. The van der Waals surface area contributed by atoms with E-state index in [1.165, 1.54) is 0 Å². The van der Waals surface area contributed by atoms with Crippen LogP contribution in [0.3, 0.4) is 0 Å². The van der Waals surface area contributed by atoms with Gasteiger partial charge in [-0.3, -0.25) is 0 Å². The van der Waals surface area contributed by atoms with Crippen molar-refractivity contribution in [3.8, 4) is 11.5 Å². The van der Waals surface area contributed by atoms with Gasteiger partial charge in [-0.2, -0.15) is 0 Å². The van der Waals surface area contributed by atoms with Crippen molar-refractivity contribution in [1.29, 1.82) is 0 Å². The predicted molar refractivity (Wildman–Crippen MR) is 78.6 cm³/mol. The van der Waals surface area contributed by atoms with E-state index in [2.05, 4.69) is 24.1 Å². The van der Waals surface area contributed by atoms with Crippen LogP contribution in [-0.2, 0) is 0 Å². The summed E-state index contributed by atoms with van der Waals surface area (Å²) in [6, 6.07) is 4.78. The Balaban J connectivity index is 2.41. The molecule has 1 rings (SSSR count). The van der Waals surface area contributed by atoms with E-state index < -0.39 is 0 Å². The first-order valence-electron chi connectivity index (χ1n) is 7.06. The standard InChI is InChI=1S/C15H26N2O2/c1-4-17(5-2)11-7-10-16-12(3)15-13(18)8-6-9-14(15)19/h6,8-9,12,16,18-19H,4-5,7,10-11H2,1-3H3. The van der Waals surface area contributed by atoms with E-state index in [1.54, 1.807) is 18.2 Å². The molecule has 3 N–H and O–H groups in total. The summed E-state index contributed by atoms with van der Waals surface area (Å²) in [7, 11) is 0. The zero-order valence-corrected chi connectivity index (χ0v) is 12.2. The maximum Gasteiger partial charge on any atom is 0.124 e. The minimum absolute atomic E-state index is 0.0575. The molecule has 19 heavy (non-hydrogen) atoms. The molecule has 0 fully saturated rings. The van der Waals surface area contributed by atoms with Crippen LogP contribution in [-0.4, -0.2) is 41.3 Å². The normalized spacial score (nSPS) is 12.8. The lowest BCUT2D eigenvalue weighted by Crippen LogP contribution is -2.28. The lowest BCUT2D eigenvalue weighted by Gasteiger charge is -2.20. The molecule has 0 heterocycles. The van der Waals surface area contributed by atoms with E-state index in [4.69, 9.17) is 0 Å². The summed E-state index contributed by atoms with van der Waals surface area (Å²) in [5, 5.41) is 22.9. The molecule has 0 saturated carbocycles. The topological polar surface area (TPSA) is 55.7 Å². The minimum atomic E-state index is -0.0575. The van der Waals surface area contributed by atoms with Gasteiger partial charge in [0.15, 0.2) is 0 Å². The second-order valence-electron chi connectivity index (χ2n) is 4.77. The summed E-state index contributed by atoms with van der Waals surface area (Å²) in [4.78, 5) is 2.38. The zero-order chi connectivity index (χ0) is 14.3. The second kappa shape index (κ2) is 8.02. The summed E-state index contributed by atoms with van der Waals surface area (Å²) < 4.78 is 0. The third kappa shape index (κ3) is 4.73. The van der Waals surface area contributed by atoms with E-state index in [0.29, 0.717) is 5.56 Å². The molecule has 0 spiro atoms. The van der Waals surface area contributed by atoms with Crippen LogP contribution in [0.1, 0.15) is 38.8 Å². The molecule has 0 aliphatic heterocycles. The molecule has 4 heteroatoms. The first-order valence-corrected chi connectivity index (χ1v) is 7.06. The Hall–Kier alpha value is -1.26. The Morgan fingerprint density at radius 3 is 2.26 bits per heavy atom. The first-order chi connectivity index (χ1) is 9.10. The quantitative estimate of drug-likeness (QED) is 0.633. The maximum absolute atomic E-state index is 9.77. The van der Waals surface area contributed by atoms with Crippen LogP contribution in [0.25, 0.3) is 0 Å².